The summed E-state index contributed by atoms with van der Waals surface area (Å²) in [5, 5.41) is 4.65. The number of morpholine rings is 1. The van der Waals surface area contributed by atoms with E-state index in [0.29, 0.717) is 10.0 Å². The maximum Gasteiger partial charge on any atom is 0.0951 e. The van der Waals surface area contributed by atoms with Crippen molar-refractivity contribution in [2.75, 3.05) is 19.7 Å². The van der Waals surface area contributed by atoms with E-state index >= 15 is 0 Å². The summed E-state index contributed by atoms with van der Waals surface area (Å²) in [6.07, 6.45) is 3.74. The number of ether oxygens (including phenoxy) is 1. The summed E-state index contributed by atoms with van der Waals surface area (Å²) in [7, 11) is 0. The molecule has 1 aliphatic rings. The van der Waals surface area contributed by atoms with Crippen molar-refractivity contribution < 1.29 is 4.74 Å². The van der Waals surface area contributed by atoms with E-state index in [9.17, 15) is 0 Å². The first kappa shape index (κ1) is 13.9. The second-order valence-corrected chi connectivity index (χ2v) is 5.60. The third-order valence-corrected chi connectivity index (χ3v) is 3.89. The smallest absolute Gasteiger partial charge is 0.0951 e. The number of imidazole rings is 1. The van der Waals surface area contributed by atoms with Gasteiger partial charge in [-0.3, -0.25) is 0 Å². The number of nitrogens with one attached hydrogen (secondary N) is 1. The fourth-order valence-corrected chi connectivity index (χ4v) is 2.73. The zero-order valence-electron chi connectivity index (χ0n) is 10.9. The first-order valence-corrected chi connectivity index (χ1v) is 7.27. The number of hydrogen-bond donors (Lipinski definition) is 1. The van der Waals surface area contributed by atoms with E-state index in [1.54, 1.807) is 24.7 Å². The van der Waals surface area contributed by atoms with Gasteiger partial charge in [-0.2, -0.15) is 0 Å². The van der Waals surface area contributed by atoms with Crippen molar-refractivity contribution in [3.63, 3.8) is 0 Å². The molecular weight excluding hydrogens is 297 g/mol. The van der Waals surface area contributed by atoms with Gasteiger partial charge in [0.25, 0.3) is 0 Å². The number of hydrogen-bond acceptors (Lipinski definition) is 3. The molecule has 1 unspecified atom stereocenters. The highest BCUT2D eigenvalue weighted by atomic mass is 35.5. The van der Waals surface area contributed by atoms with E-state index in [1.165, 1.54) is 0 Å². The van der Waals surface area contributed by atoms with Crippen molar-refractivity contribution in [1.29, 1.82) is 0 Å². The molecule has 0 bridgehead atoms. The van der Waals surface area contributed by atoms with Crippen molar-refractivity contribution in [2.45, 2.75) is 12.6 Å². The molecule has 2 aromatic rings. The largest absolute Gasteiger partial charge is 0.374 e. The summed E-state index contributed by atoms with van der Waals surface area (Å²) in [5.41, 5.74) is 1.84. The van der Waals surface area contributed by atoms with Gasteiger partial charge in [0.05, 0.1) is 42.5 Å². The third-order valence-electron chi connectivity index (χ3n) is 3.32. The molecule has 0 radical (unpaired) electrons. The standard InChI is InChI=1S/C14H15Cl2N3O/c15-10-1-2-13(16)12(5-10)14-7-18-9-19(14)8-11-6-17-3-4-20-11/h1-2,5,7,9,11,17H,3-4,6,8H2. The summed E-state index contributed by atoms with van der Waals surface area (Å²) in [5.74, 6) is 0. The summed E-state index contributed by atoms with van der Waals surface area (Å²) < 4.78 is 7.78. The predicted molar refractivity (Wildman–Crippen MR) is 80.3 cm³/mol. The van der Waals surface area contributed by atoms with Gasteiger partial charge in [-0.25, -0.2) is 4.98 Å². The summed E-state index contributed by atoms with van der Waals surface area (Å²) >= 11 is 12.3. The van der Waals surface area contributed by atoms with Crippen LogP contribution in [0.3, 0.4) is 0 Å². The van der Waals surface area contributed by atoms with Gasteiger partial charge in [-0.1, -0.05) is 23.2 Å². The first-order valence-electron chi connectivity index (χ1n) is 6.52. The molecule has 0 amide bonds. The Bertz CT molecular complexity index is 594. The van der Waals surface area contributed by atoms with Gasteiger partial charge in [0.1, 0.15) is 0 Å². The summed E-state index contributed by atoms with van der Waals surface area (Å²) in [6.45, 7) is 3.24. The van der Waals surface area contributed by atoms with Crippen LogP contribution in [-0.4, -0.2) is 35.4 Å². The topological polar surface area (TPSA) is 39.1 Å². The fourth-order valence-electron chi connectivity index (χ4n) is 2.34. The number of benzene rings is 1. The Morgan fingerprint density at radius 3 is 3.10 bits per heavy atom. The lowest BCUT2D eigenvalue weighted by atomic mass is 10.1. The Morgan fingerprint density at radius 1 is 1.40 bits per heavy atom. The maximum absolute atomic E-state index is 6.26. The molecule has 0 saturated carbocycles. The zero-order valence-corrected chi connectivity index (χ0v) is 12.4. The Kier molecular flexibility index (Phi) is 4.27. The highest BCUT2D eigenvalue weighted by Gasteiger charge is 2.17. The van der Waals surface area contributed by atoms with Crippen LogP contribution in [0.4, 0.5) is 0 Å². The van der Waals surface area contributed by atoms with Gasteiger partial charge in [-0.15, -0.1) is 0 Å². The molecule has 0 spiro atoms. The SMILES string of the molecule is Clc1ccc(Cl)c(-c2cncn2CC2CNCCO2)c1. The number of aromatic nitrogens is 2. The predicted octanol–water partition coefficient (Wildman–Crippen LogP) is 2.85. The average molecular weight is 312 g/mol. The number of nitrogens with zero attached hydrogens (tertiary/aromatic N) is 2. The normalized spacial score (nSPS) is 19.2. The molecule has 1 N–H and O–H groups in total. The monoisotopic (exact) mass is 311 g/mol. The van der Waals surface area contributed by atoms with E-state index in [0.717, 1.165) is 37.5 Å². The van der Waals surface area contributed by atoms with Crippen LogP contribution in [0.2, 0.25) is 10.0 Å². The lowest BCUT2D eigenvalue weighted by Crippen LogP contribution is -2.40. The van der Waals surface area contributed by atoms with Crippen LogP contribution in [0.15, 0.2) is 30.7 Å². The molecule has 1 aromatic carbocycles. The van der Waals surface area contributed by atoms with Gasteiger partial charge < -0.3 is 14.6 Å². The molecule has 6 heteroatoms. The molecule has 1 atom stereocenters. The zero-order chi connectivity index (χ0) is 13.9. The van der Waals surface area contributed by atoms with Crippen LogP contribution < -0.4 is 5.32 Å². The van der Waals surface area contributed by atoms with E-state index in [-0.39, 0.29) is 6.10 Å². The maximum atomic E-state index is 6.26. The minimum atomic E-state index is 0.148. The molecule has 4 nitrogen and oxygen atoms in total. The molecule has 0 aliphatic carbocycles. The third kappa shape index (κ3) is 2.99. The van der Waals surface area contributed by atoms with Crippen LogP contribution >= 0.6 is 23.2 Å². The first-order chi connectivity index (χ1) is 9.74. The second kappa shape index (κ2) is 6.14. The van der Waals surface area contributed by atoms with Gasteiger partial charge in [0.15, 0.2) is 0 Å². The van der Waals surface area contributed by atoms with Crippen LogP contribution in [0.1, 0.15) is 0 Å². The van der Waals surface area contributed by atoms with E-state index in [1.807, 2.05) is 6.07 Å². The van der Waals surface area contributed by atoms with Crippen LogP contribution in [0.5, 0.6) is 0 Å². The lowest BCUT2D eigenvalue weighted by molar-refractivity contribution is 0.0184. The van der Waals surface area contributed by atoms with Crippen molar-refractivity contribution in [2.24, 2.45) is 0 Å². The van der Waals surface area contributed by atoms with Gasteiger partial charge in [0, 0.05) is 23.7 Å². The van der Waals surface area contributed by atoms with Gasteiger partial charge in [-0.05, 0) is 18.2 Å². The molecule has 20 heavy (non-hydrogen) atoms. The Morgan fingerprint density at radius 2 is 2.30 bits per heavy atom. The molecular formula is C14H15Cl2N3O. The van der Waals surface area contributed by atoms with Crippen molar-refractivity contribution in [3.8, 4) is 11.3 Å². The van der Waals surface area contributed by atoms with Crippen LogP contribution in [-0.2, 0) is 11.3 Å². The summed E-state index contributed by atoms with van der Waals surface area (Å²) in [6, 6.07) is 5.44. The van der Waals surface area contributed by atoms with Crippen LogP contribution in [0, 0.1) is 0 Å². The van der Waals surface area contributed by atoms with E-state index in [2.05, 4.69) is 14.9 Å². The second-order valence-electron chi connectivity index (χ2n) is 4.75. The Hall–Kier alpha value is -1.07. The van der Waals surface area contributed by atoms with Gasteiger partial charge in [0.2, 0.25) is 0 Å². The molecule has 1 aliphatic heterocycles. The van der Waals surface area contributed by atoms with Crippen molar-refractivity contribution >= 4 is 23.2 Å². The fraction of sp³-hybridized carbons (Fsp3) is 0.357. The molecule has 1 saturated heterocycles. The minimum absolute atomic E-state index is 0.148. The molecule has 106 valence electrons. The van der Waals surface area contributed by atoms with Crippen LogP contribution in [0.25, 0.3) is 11.3 Å². The number of rotatable bonds is 3. The van der Waals surface area contributed by atoms with E-state index in [4.69, 9.17) is 27.9 Å². The quantitative estimate of drug-likeness (QED) is 0.947. The van der Waals surface area contributed by atoms with Crippen molar-refractivity contribution in [1.82, 2.24) is 14.9 Å². The number of halogens is 2. The lowest BCUT2D eigenvalue weighted by Gasteiger charge is -2.24. The van der Waals surface area contributed by atoms with Gasteiger partial charge >= 0.3 is 0 Å². The molecule has 3 rings (SSSR count). The highest BCUT2D eigenvalue weighted by Crippen LogP contribution is 2.30. The average Bonchev–Trinajstić information content (AvgIpc) is 2.91. The van der Waals surface area contributed by atoms with Crippen molar-refractivity contribution in [3.05, 3.63) is 40.8 Å². The van der Waals surface area contributed by atoms with E-state index < -0.39 is 0 Å². The molecule has 1 fully saturated rings. The summed E-state index contributed by atoms with van der Waals surface area (Å²) in [4.78, 5) is 4.22. The molecule has 2 heterocycles. The highest BCUT2D eigenvalue weighted by molar-refractivity contribution is 6.35. The minimum Gasteiger partial charge on any atom is -0.374 e. The Balaban J connectivity index is 1.87. The molecule has 1 aromatic heterocycles. The Labute approximate surface area is 127 Å².